The van der Waals surface area contributed by atoms with Crippen LogP contribution in [0.15, 0.2) is 83.8 Å². The average Bonchev–Trinajstić information content (AvgIpc) is 3.45. The minimum Gasteiger partial charge on any atom is -0.352 e. The van der Waals surface area contributed by atoms with Gasteiger partial charge in [-0.15, -0.1) is 0 Å². The summed E-state index contributed by atoms with van der Waals surface area (Å²) in [6.45, 7) is 1.11. The predicted molar refractivity (Wildman–Crippen MR) is 149 cm³/mol. The van der Waals surface area contributed by atoms with E-state index < -0.39 is 34.3 Å². The molecule has 0 aromatic heterocycles. The number of halogens is 2. The van der Waals surface area contributed by atoms with E-state index in [-0.39, 0.29) is 29.1 Å². The van der Waals surface area contributed by atoms with Crippen LogP contribution in [-0.4, -0.2) is 43.8 Å². The van der Waals surface area contributed by atoms with E-state index in [4.69, 9.17) is 11.6 Å². The number of sulfonamides is 1. The zero-order valence-electron chi connectivity index (χ0n) is 21.6. The molecule has 206 valence electrons. The van der Waals surface area contributed by atoms with Gasteiger partial charge in [-0.25, -0.2) is 12.8 Å². The molecule has 0 heterocycles. The molecule has 3 aromatic carbocycles. The van der Waals surface area contributed by atoms with Crippen molar-refractivity contribution in [3.8, 4) is 0 Å². The minimum atomic E-state index is -4.19. The number of benzene rings is 3. The average molecular weight is 572 g/mol. The van der Waals surface area contributed by atoms with Gasteiger partial charge in [0.05, 0.1) is 10.6 Å². The Kier molecular flexibility index (Phi) is 9.24. The van der Waals surface area contributed by atoms with Crippen molar-refractivity contribution in [1.82, 2.24) is 10.2 Å². The highest BCUT2D eigenvalue weighted by Gasteiger charge is 2.33. The highest BCUT2D eigenvalue weighted by atomic mass is 35.5. The van der Waals surface area contributed by atoms with Crippen molar-refractivity contribution in [2.24, 2.45) is 0 Å². The van der Waals surface area contributed by atoms with Crippen molar-refractivity contribution in [3.63, 3.8) is 0 Å². The zero-order chi connectivity index (χ0) is 28.0. The first-order chi connectivity index (χ1) is 18.6. The first-order valence-electron chi connectivity index (χ1n) is 12.8. The summed E-state index contributed by atoms with van der Waals surface area (Å²) in [5, 5.41) is 3.56. The van der Waals surface area contributed by atoms with Gasteiger partial charge in [0, 0.05) is 17.6 Å². The second kappa shape index (κ2) is 12.6. The molecule has 1 fully saturated rings. The summed E-state index contributed by atoms with van der Waals surface area (Å²) in [5.74, 6) is -1.42. The number of carbonyl (C=O) groups is 2. The van der Waals surface area contributed by atoms with Crippen LogP contribution in [0.1, 0.15) is 38.2 Å². The van der Waals surface area contributed by atoms with E-state index in [1.807, 2.05) is 0 Å². The van der Waals surface area contributed by atoms with Crippen LogP contribution in [-0.2, 0) is 26.2 Å². The van der Waals surface area contributed by atoms with Crippen LogP contribution in [0, 0.1) is 5.82 Å². The van der Waals surface area contributed by atoms with Crippen LogP contribution in [0.2, 0.25) is 5.02 Å². The first kappa shape index (κ1) is 28.6. The fraction of sp³-hybridized carbons (Fsp3) is 0.310. The number of nitrogens with zero attached hydrogens (tertiary/aromatic N) is 2. The second-order valence-corrected chi connectivity index (χ2v) is 11.9. The molecule has 0 unspecified atom stereocenters. The molecule has 0 spiro atoms. The van der Waals surface area contributed by atoms with Crippen LogP contribution in [0.25, 0.3) is 0 Å². The summed E-state index contributed by atoms with van der Waals surface area (Å²) in [4.78, 5) is 28.4. The van der Waals surface area contributed by atoms with E-state index >= 15 is 0 Å². The Hall–Kier alpha value is -3.43. The number of amides is 2. The topological polar surface area (TPSA) is 86.8 Å². The number of hydrogen-bond donors (Lipinski definition) is 1. The summed E-state index contributed by atoms with van der Waals surface area (Å²) >= 11 is 6.03. The molecule has 4 rings (SSSR count). The quantitative estimate of drug-likeness (QED) is 0.365. The van der Waals surface area contributed by atoms with Crippen molar-refractivity contribution >= 4 is 39.1 Å². The zero-order valence-corrected chi connectivity index (χ0v) is 23.2. The van der Waals surface area contributed by atoms with Gasteiger partial charge < -0.3 is 10.2 Å². The summed E-state index contributed by atoms with van der Waals surface area (Å²) < 4.78 is 42.0. The molecular weight excluding hydrogens is 541 g/mol. The first-order valence-corrected chi connectivity index (χ1v) is 14.6. The fourth-order valence-corrected chi connectivity index (χ4v) is 6.18. The number of nitrogens with one attached hydrogen (secondary N) is 1. The summed E-state index contributed by atoms with van der Waals surface area (Å²) in [6.07, 6.45) is 3.85. The molecule has 1 atom stereocenters. The number of carbonyl (C=O) groups excluding carboxylic acids is 2. The molecule has 0 radical (unpaired) electrons. The standard InChI is InChI=1S/C29H31ClFN3O4S/c1-21(29(36)32-25-7-5-6-8-25)33(19-22-11-13-23(30)14-12-22)28(35)20-34(26-17-15-24(31)16-18-26)39(37,38)27-9-3-2-4-10-27/h2-4,9-18,21,25H,5-8,19-20H2,1H3,(H,32,36)/t21-/m1/s1. The third-order valence-corrected chi connectivity index (χ3v) is 8.90. The van der Waals surface area contributed by atoms with Gasteiger partial charge in [0.15, 0.2) is 0 Å². The molecule has 0 bridgehead atoms. The van der Waals surface area contributed by atoms with Crippen LogP contribution >= 0.6 is 11.6 Å². The van der Waals surface area contributed by atoms with Crippen LogP contribution in [0.4, 0.5) is 10.1 Å². The lowest BCUT2D eigenvalue weighted by Crippen LogP contribution is -2.52. The predicted octanol–water partition coefficient (Wildman–Crippen LogP) is 5.15. The molecule has 7 nitrogen and oxygen atoms in total. The third-order valence-electron chi connectivity index (χ3n) is 6.86. The van der Waals surface area contributed by atoms with Gasteiger partial charge in [-0.1, -0.05) is 54.8 Å². The van der Waals surface area contributed by atoms with Gasteiger partial charge >= 0.3 is 0 Å². The fourth-order valence-electron chi connectivity index (χ4n) is 4.62. The Morgan fingerprint density at radius 3 is 2.21 bits per heavy atom. The highest BCUT2D eigenvalue weighted by molar-refractivity contribution is 7.92. The second-order valence-electron chi connectivity index (χ2n) is 9.62. The van der Waals surface area contributed by atoms with Crippen molar-refractivity contribution in [2.45, 2.75) is 56.1 Å². The van der Waals surface area contributed by atoms with Crippen molar-refractivity contribution in [2.75, 3.05) is 10.8 Å². The molecule has 2 amide bonds. The van der Waals surface area contributed by atoms with Crippen molar-refractivity contribution in [1.29, 1.82) is 0 Å². The lowest BCUT2D eigenvalue weighted by Gasteiger charge is -2.32. The largest absolute Gasteiger partial charge is 0.352 e. The number of rotatable bonds is 10. The molecule has 1 aliphatic rings. The molecule has 3 aromatic rings. The maximum atomic E-state index is 13.9. The number of hydrogen-bond acceptors (Lipinski definition) is 4. The van der Waals surface area contributed by atoms with E-state index in [1.54, 1.807) is 49.4 Å². The summed E-state index contributed by atoms with van der Waals surface area (Å²) in [6, 6.07) is 18.7. The van der Waals surface area contributed by atoms with E-state index in [9.17, 15) is 22.4 Å². The van der Waals surface area contributed by atoms with Gasteiger partial charge in [-0.05, 0) is 73.9 Å². The lowest BCUT2D eigenvalue weighted by molar-refractivity contribution is -0.139. The van der Waals surface area contributed by atoms with Crippen LogP contribution in [0.5, 0.6) is 0 Å². The Morgan fingerprint density at radius 1 is 0.974 bits per heavy atom. The van der Waals surface area contributed by atoms with Crippen LogP contribution in [0.3, 0.4) is 0 Å². The molecule has 0 aliphatic heterocycles. The Bertz CT molecular complexity index is 1380. The van der Waals surface area contributed by atoms with E-state index in [2.05, 4.69) is 5.32 Å². The Morgan fingerprint density at radius 2 is 1.59 bits per heavy atom. The Labute approximate surface area is 233 Å². The Balaban J connectivity index is 1.66. The minimum absolute atomic E-state index is 0.0154. The van der Waals surface area contributed by atoms with Crippen LogP contribution < -0.4 is 9.62 Å². The third kappa shape index (κ3) is 7.16. The normalized spacial score (nSPS) is 14.5. The van der Waals surface area contributed by atoms with Gasteiger partial charge in [0.2, 0.25) is 11.8 Å². The van der Waals surface area contributed by atoms with E-state index in [1.165, 1.54) is 29.2 Å². The molecular formula is C29H31ClFN3O4S. The lowest BCUT2D eigenvalue weighted by atomic mass is 10.1. The van der Waals surface area contributed by atoms with E-state index in [0.29, 0.717) is 5.02 Å². The molecule has 10 heteroatoms. The summed E-state index contributed by atoms with van der Waals surface area (Å²) in [5.41, 5.74) is 0.857. The molecule has 1 N–H and O–H groups in total. The van der Waals surface area contributed by atoms with Gasteiger partial charge in [0.1, 0.15) is 18.4 Å². The summed E-state index contributed by atoms with van der Waals surface area (Å²) in [7, 11) is -4.19. The van der Waals surface area contributed by atoms with Crippen molar-refractivity contribution < 1.29 is 22.4 Å². The maximum absolute atomic E-state index is 13.9. The van der Waals surface area contributed by atoms with Gasteiger partial charge in [0.25, 0.3) is 10.0 Å². The number of anilines is 1. The maximum Gasteiger partial charge on any atom is 0.264 e. The molecule has 1 aliphatic carbocycles. The highest BCUT2D eigenvalue weighted by Crippen LogP contribution is 2.25. The van der Waals surface area contributed by atoms with Gasteiger partial charge in [-0.2, -0.15) is 0 Å². The molecule has 1 saturated carbocycles. The molecule has 0 saturated heterocycles. The monoisotopic (exact) mass is 571 g/mol. The smallest absolute Gasteiger partial charge is 0.264 e. The van der Waals surface area contributed by atoms with Crippen molar-refractivity contribution in [3.05, 3.63) is 95.3 Å². The molecule has 39 heavy (non-hydrogen) atoms. The SMILES string of the molecule is C[C@H](C(=O)NC1CCCC1)N(Cc1ccc(Cl)cc1)C(=O)CN(c1ccc(F)cc1)S(=O)(=O)c1ccccc1. The van der Waals surface area contributed by atoms with E-state index in [0.717, 1.165) is 47.7 Å². The van der Waals surface area contributed by atoms with Gasteiger partial charge in [-0.3, -0.25) is 13.9 Å².